The van der Waals surface area contributed by atoms with Crippen molar-refractivity contribution >= 4 is 16.9 Å². The number of rotatable bonds is 5. The fraction of sp³-hybridized carbons (Fsp3) is 0.526. The van der Waals surface area contributed by atoms with Gasteiger partial charge in [0.2, 0.25) is 0 Å². The van der Waals surface area contributed by atoms with Gasteiger partial charge in [-0.1, -0.05) is 32.0 Å². The number of para-hydroxylation sites is 1. The summed E-state index contributed by atoms with van der Waals surface area (Å²) in [4.78, 5) is 19.8. The van der Waals surface area contributed by atoms with E-state index in [0.717, 1.165) is 45.7 Å². The molecule has 1 fully saturated rings. The maximum Gasteiger partial charge on any atom is 0.317 e. The van der Waals surface area contributed by atoms with Crippen molar-refractivity contribution in [1.29, 1.82) is 0 Å². The van der Waals surface area contributed by atoms with Crippen LogP contribution in [0.1, 0.15) is 19.4 Å². The smallest absolute Gasteiger partial charge is 0.317 e. The molecule has 0 atom stereocenters. The lowest BCUT2D eigenvalue weighted by molar-refractivity contribution is 0.139. The number of hydrogen-bond acceptors (Lipinski definition) is 2. The first-order valence-corrected chi connectivity index (χ1v) is 8.93. The van der Waals surface area contributed by atoms with E-state index in [9.17, 15) is 4.79 Å². The van der Waals surface area contributed by atoms with E-state index < -0.39 is 0 Å². The highest BCUT2D eigenvalue weighted by Gasteiger charge is 2.20. The number of aromatic amines is 1. The van der Waals surface area contributed by atoms with Gasteiger partial charge in [0.05, 0.1) is 0 Å². The molecule has 0 aliphatic carbocycles. The average Bonchev–Trinajstić information content (AvgIpc) is 3.01. The zero-order valence-corrected chi connectivity index (χ0v) is 14.7. The maximum atomic E-state index is 12.1. The molecule has 5 nitrogen and oxygen atoms in total. The van der Waals surface area contributed by atoms with Crippen LogP contribution in [0.4, 0.5) is 4.79 Å². The molecule has 0 unspecified atom stereocenters. The third kappa shape index (κ3) is 4.09. The van der Waals surface area contributed by atoms with Crippen molar-refractivity contribution in [3.8, 4) is 0 Å². The van der Waals surface area contributed by atoms with E-state index in [1.54, 1.807) is 0 Å². The molecule has 1 aliphatic heterocycles. The Labute approximate surface area is 144 Å². The topological polar surface area (TPSA) is 51.4 Å². The summed E-state index contributed by atoms with van der Waals surface area (Å²) in [7, 11) is 0. The Morgan fingerprint density at radius 2 is 1.96 bits per heavy atom. The standard InChI is InChI=1S/C19H28N4O/c1-15(2)13-21-19(24)23-11-9-22(10-12-23)8-7-16-14-20-18-6-4-3-5-17(16)18/h3-6,14-15,20H,7-13H2,1-2H3,(H,21,24). The van der Waals surface area contributed by atoms with Crippen LogP contribution in [0, 0.1) is 5.92 Å². The SMILES string of the molecule is CC(C)CNC(=O)N1CCN(CCc2c[nH]c3ccccc23)CC1. The van der Waals surface area contributed by atoms with Crippen molar-refractivity contribution in [3.63, 3.8) is 0 Å². The van der Waals surface area contributed by atoms with Crippen molar-refractivity contribution in [2.24, 2.45) is 5.92 Å². The van der Waals surface area contributed by atoms with E-state index in [4.69, 9.17) is 0 Å². The molecule has 0 radical (unpaired) electrons. The van der Waals surface area contributed by atoms with Gasteiger partial charge in [-0.25, -0.2) is 4.79 Å². The highest BCUT2D eigenvalue weighted by molar-refractivity contribution is 5.83. The number of nitrogens with one attached hydrogen (secondary N) is 2. The number of H-pyrrole nitrogens is 1. The number of urea groups is 1. The van der Waals surface area contributed by atoms with Crippen LogP contribution >= 0.6 is 0 Å². The van der Waals surface area contributed by atoms with Crippen molar-refractivity contribution in [1.82, 2.24) is 20.1 Å². The van der Waals surface area contributed by atoms with E-state index in [1.165, 1.54) is 16.5 Å². The van der Waals surface area contributed by atoms with Gasteiger partial charge in [0.1, 0.15) is 0 Å². The Hall–Kier alpha value is -2.01. The van der Waals surface area contributed by atoms with Gasteiger partial charge in [0, 0.05) is 56.4 Å². The second-order valence-corrected chi connectivity index (χ2v) is 7.02. The Morgan fingerprint density at radius 3 is 2.71 bits per heavy atom. The van der Waals surface area contributed by atoms with Crippen LogP contribution in [0.15, 0.2) is 30.5 Å². The van der Waals surface area contributed by atoms with Crippen LogP contribution in [0.5, 0.6) is 0 Å². The molecule has 5 heteroatoms. The van der Waals surface area contributed by atoms with Crippen molar-refractivity contribution in [2.45, 2.75) is 20.3 Å². The van der Waals surface area contributed by atoms with E-state index in [-0.39, 0.29) is 6.03 Å². The van der Waals surface area contributed by atoms with Crippen LogP contribution in [-0.2, 0) is 6.42 Å². The van der Waals surface area contributed by atoms with Crippen LogP contribution < -0.4 is 5.32 Å². The molecule has 1 aromatic carbocycles. The minimum absolute atomic E-state index is 0.0833. The molecule has 0 saturated carbocycles. The Kier molecular flexibility index (Phi) is 5.41. The number of nitrogens with zero attached hydrogens (tertiary/aromatic N) is 2. The predicted molar refractivity (Wildman–Crippen MR) is 98.3 cm³/mol. The van der Waals surface area contributed by atoms with Gasteiger partial charge in [-0.3, -0.25) is 4.90 Å². The molecular formula is C19H28N4O. The van der Waals surface area contributed by atoms with Gasteiger partial charge < -0.3 is 15.2 Å². The summed E-state index contributed by atoms with van der Waals surface area (Å²) in [6, 6.07) is 8.53. The summed E-state index contributed by atoms with van der Waals surface area (Å²) >= 11 is 0. The van der Waals surface area contributed by atoms with Gasteiger partial charge in [0.25, 0.3) is 0 Å². The van der Waals surface area contributed by atoms with E-state index in [2.05, 4.69) is 59.5 Å². The fourth-order valence-corrected chi connectivity index (χ4v) is 3.19. The highest BCUT2D eigenvalue weighted by Crippen LogP contribution is 2.18. The molecule has 3 rings (SSSR count). The third-order valence-electron chi connectivity index (χ3n) is 4.69. The molecule has 2 heterocycles. The molecular weight excluding hydrogens is 300 g/mol. The molecule has 0 spiro atoms. The maximum absolute atomic E-state index is 12.1. The normalized spacial score (nSPS) is 16.0. The Bertz CT molecular complexity index is 671. The van der Waals surface area contributed by atoms with Crippen LogP contribution in [0.3, 0.4) is 0 Å². The highest BCUT2D eigenvalue weighted by atomic mass is 16.2. The first kappa shape index (κ1) is 16.8. The van der Waals surface area contributed by atoms with Gasteiger partial charge >= 0.3 is 6.03 Å². The third-order valence-corrected chi connectivity index (χ3v) is 4.69. The Balaban J connectivity index is 1.45. The van der Waals surface area contributed by atoms with Crippen molar-refractivity contribution in [3.05, 3.63) is 36.0 Å². The predicted octanol–water partition coefficient (Wildman–Crippen LogP) is 2.69. The summed E-state index contributed by atoms with van der Waals surface area (Å²) in [5, 5.41) is 4.33. The molecule has 1 aliphatic rings. The second-order valence-electron chi connectivity index (χ2n) is 7.02. The van der Waals surface area contributed by atoms with E-state index in [0.29, 0.717) is 5.92 Å². The molecule has 130 valence electrons. The summed E-state index contributed by atoms with van der Waals surface area (Å²) in [6.07, 6.45) is 3.17. The first-order valence-electron chi connectivity index (χ1n) is 8.93. The number of carbonyl (C=O) groups excluding carboxylic acids is 1. The number of amides is 2. The monoisotopic (exact) mass is 328 g/mol. The Morgan fingerprint density at radius 1 is 1.21 bits per heavy atom. The largest absolute Gasteiger partial charge is 0.361 e. The summed E-state index contributed by atoms with van der Waals surface area (Å²) in [5.74, 6) is 0.492. The average molecular weight is 328 g/mol. The molecule has 2 aromatic rings. The molecule has 1 aromatic heterocycles. The van der Waals surface area contributed by atoms with Gasteiger partial charge in [-0.2, -0.15) is 0 Å². The molecule has 0 bridgehead atoms. The van der Waals surface area contributed by atoms with Crippen LogP contribution in [0.25, 0.3) is 10.9 Å². The van der Waals surface area contributed by atoms with Gasteiger partial charge in [-0.05, 0) is 24.0 Å². The number of carbonyl (C=O) groups is 1. The fourth-order valence-electron chi connectivity index (χ4n) is 3.19. The van der Waals surface area contributed by atoms with Crippen molar-refractivity contribution in [2.75, 3.05) is 39.3 Å². The van der Waals surface area contributed by atoms with E-state index in [1.807, 2.05) is 4.90 Å². The summed E-state index contributed by atoms with van der Waals surface area (Å²) in [6.45, 7) is 9.57. The lowest BCUT2D eigenvalue weighted by Gasteiger charge is -2.34. The summed E-state index contributed by atoms with van der Waals surface area (Å²) in [5.41, 5.74) is 2.59. The quantitative estimate of drug-likeness (QED) is 0.887. The zero-order chi connectivity index (χ0) is 16.9. The lowest BCUT2D eigenvalue weighted by atomic mass is 10.1. The van der Waals surface area contributed by atoms with Crippen LogP contribution in [-0.4, -0.2) is 60.1 Å². The number of aromatic nitrogens is 1. The van der Waals surface area contributed by atoms with Crippen molar-refractivity contribution < 1.29 is 4.79 Å². The van der Waals surface area contributed by atoms with Gasteiger partial charge in [0.15, 0.2) is 0 Å². The van der Waals surface area contributed by atoms with Crippen LogP contribution in [0.2, 0.25) is 0 Å². The number of piperazine rings is 1. The summed E-state index contributed by atoms with van der Waals surface area (Å²) < 4.78 is 0. The first-order chi connectivity index (χ1) is 11.6. The lowest BCUT2D eigenvalue weighted by Crippen LogP contribution is -2.52. The molecule has 2 N–H and O–H groups in total. The minimum Gasteiger partial charge on any atom is -0.361 e. The minimum atomic E-state index is 0.0833. The second kappa shape index (κ2) is 7.71. The van der Waals surface area contributed by atoms with E-state index >= 15 is 0 Å². The zero-order valence-electron chi connectivity index (χ0n) is 14.7. The molecule has 2 amide bonds. The number of benzene rings is 1. The van der Waals surface area contributed by atoms with Gasteiger partial charge in [-0.15, -0.1) is 0 Å². The molecule has 24 heavy (non-hydrogen) atoms. The number of fused-ring (bicyclic) bond motifs is 1. The molecule has 1 saturated heterocycles. The number of hydrogen-bond donors (Lipinski definition) is 2.